The first-order valence-corrected chi connectivity index (χ1v) is 16.6. The number of fused-ring (bicyclic) bond motifs is 1. The zero-order valence-electron chi connectivity index (χ0n) is 25.4. The lowest BCUT2D eigenvalue weighted by Crippen LogP contribution is -2.51. The molecule has 0 saturated carbocycles. The quantitative estimate of drug-likeness (QED) is 0.231. The van der Waals surface area contributed by atoms with Crippen LogP contribution in [-0.2, 0) is 26.7 Å². The summed E-state index contributed by atoms with van der Waals surface area (Å²) < 4.78 is 61.0. The number of likely N-dealkylation sites (tertiary alicyclic amines) is 1. The number of hydrogen-bond donors (Lipinski definition) is 1. The van der Waals surface area contributed by atoms with E-state index >= 15 is 4.39 Å². The number of benzene rings is 2. The molecule has 3 heterocycles. The van der Waals surface area contributed by atoms with Crippen molar-refractivity contribution in [3.05, 3.63) is 76.7 Å². The topological polar surface area (TPSA) is 114 Å². The van der Waals surface area contributed by atoms with Crippen molar-refractivity contribution in [3.63, 3.8) is 0 Å². The van der Waals surface area contributed by atoms with Crippen LogP contribution in [0.4, 0.5) is 19.5 Å². The van der Waals surface area contributed by atoms with Crippen LogP contribution in [0.5, 0.6) is 0 Å². The Hall–Kier alpha value is -3.90. The van der Waals surface area contributed by atoms with Crippen LogP contribution >= 0.6 is 11.6 Å². The maximum Gasteiger partial charge on any atom is 0.410 e. The number of carbonyl (C=O) groups excluding carboxylic acids is 1. The maximum atomic E-state index is 15.2. The second-order valence-corrected chi connectivity index (χ2v) is 14.4. The van der Waals surface area contributed by atoms with E-state index in [1.54, 1.807) is 45.0 Å². The Kier molecular flexibility index (Phi) is 9.27. The number of alkyl halides is 1. The van der Waals surface area contributed by atoms with Gasteiger partial charge in [-0.3, -0.25) is 0 Å². The molecule has 0 unspecified atom stereocenters. The molecular formula is C32H34ClF2N5O4S. The minimum absolute atomic E-state index is 0.0117. The summed E-state index contributed by atoms with van der Waals surface area (Å²) >= 11 is 6.07. The van der Waals surface area contributed by atoms with E-state index in [1.807, 2.05) is 6.92 Å². The van der Waals surface area contributed by atoms with Gasteiger partial charge in [0.2, 0.25) is 5.95 Å². The number of amides is 1. The fourth-order valence-electron chi connectivity index (χ4n) is 5.18. The van der Waals surface area contributed by atoms with Gasteiger partial charge in [-0.05, 0) is 57.0 Å². The van der Waals surface area contributed by atoms with E-state index < -0.39 is 45.3 Å². The number of sulfone groups is 1. The zero-order valence-corrected chi connectivity index (χ0v) is 26.9. The Morgan fingerprint density at radius 2 is 1.87 bits per heavy atom. The number of nitrogens with zero attached hydrogens (tertiary/aromatic N) is 4. The molecule has 1 saturated heterocycles. The van der Waals surface area contributed by atoms with Crippen LogP contribution in [0.25, 0.3) is 22.3 Å². The molecule has 1 N–H and O–H groups in total. The number of piperidine rings is 1. The highest BCUT2D eigenvalue weighted by atomic mass is 35.5. The zero-order chi connectivity index (χ0) is 32.5. The van der Waals surface area contributed by atoms with Crippen molar-refractivity contribution in [2.75, 3.05) is 18.4 Å². The monoisotopic (exact) mass is 657 g/mol. The van der Waals surface area contributed by atoms with Gasteiger partial charge in [-0.2, -0.15) is 0 Å². The van der Waals surface area contributed by atoms with Crippen LogP contribution in [0.15, 0.2) is 59.6 Å². The predicted molar refractivity (Wildman–Crippen MR) is 169 cm³/mol. The average molecular weight is 658 g/mol. The largest absolute Gasteiger partial charge is 0.444 e. The number of nitrogens with one attached hydrogen (secondary N) is 1. The lowest BCUT2D eigenvalue weighted by atomic mass is 10.0. The third-order valence-corrected chi connectivity index (χ3v) is 9.42. The Morgan fingerprint density at radius 1 is 1.11 bits per heavy atom. The van der Waals surface area contributed by atoms with E-state index in [1.165, 1.54) is 35.4 Å². The van der Waals surface area contributed by atoms with Gasteiger partial charge in [-0.1, -0.05) is 42.8 Å². The first-order valence-electron chi connectivity index (χ1n) is 14.5. The summed E-state index contributed by atoms with van der Waals surface area (Å²) in [6, 6.07) is 11.7. The van der Waals surface area contributed by atoms with Crippen LogP contribution < -0.4 is 5.32 Å². The Bertz CT molecular complexity index is 1850. The van der Waals surface area contributed by atoms with E-state index in [0.717, 1.165) is 5.56 Å². The molecule has 0 aliphatic carbocycles. The molecule has 0 radical (unpaired) electrons. The summed E-state index contributed by atoms with van der Waals surface area (Å²) in [6.07, 6.45) is 0.493. The number of hydrogen-bond acceptors (Lipinski definition) is 8. The Morgan fingerprint density at radius 3 is 2.56 bits per heavy atom. The van der Waals surface area contributed by atoms with Gasteiger partial charge in [0.05, 0.1) is 39.6 Å². The number of rotatable bonds is 7. The van der Waals surface area contributed by atoms with Crippen molar-refractivity contribution in [2.45, 2.75) is 69.0 Å². The molecular weight excluding hydrogens is 624 g/mol. The van der Waals surface area contributed by atoms with Gasteiger partial charge in [0, 0.05) is 30.1 Å². The number of aromatic nitrogens is 3. The molecule has 2 aromatic heterocycles. The molecule has 2 aromatic carbocycles. The highest BCUT2D eigenvalue weighted by molar-refractivity contribution is 7.90. The van der Waals surface area contributed by atoms with Gasteiger partial charge >= 0.3 is 6.09 Å². The van der Waals surface area contributed by atoms with Gasteiger partial charge in [0.25, 0.3) is 0 Å². The van der Waals surface area contributed by atoms with E-state index in [-0.39, 0.29) is 40.9 Å². The first kappa shape index (κ1) is 32.5. The Labute approximate surface area is 265 Å². The molecule has 0 bridgehead atoms. The lowest BCUT2D eigenvalue weighted by molar-refractivity contribution is 0.0124. The minimum atomic E-state index is -3.87. The molecule has 2 atom stereocenters. The number of anilines is 1. The molecule has 4 aromatic rings. The second-order valence-electron chi connectivity index (χ2n) is 12.0. The highest BCUT2D eigenvalue weighted by Crippen LogP contribution is 2.29. The fraction of sp³-hybridized carbons (Fsp3) is 0.375. The number of aryl methyl sites for hydroxylation is 1. The maximum absolute atomic E-state index is 15.2. The van der Waals surface area contributed by atoms with E-state index in [0.29, 0.717) is 28.7 Å². The number of pyridine rings is 1. The van der Waals surface area contributed by atoms with E-state index in [2.05, 4.69) is 20.3 Å². The summed E-state index contributed by atoms with van der Waals surface area (Å²) in [5, 5.41) is 3.23. The van der Waals surface area contributed by atoms with Crippen LogP contribution in [0.3, 0.4) is 0 Å². The van der Waals surface area contributed by atoms with Gasteiger partial charge < -0.3 is 15.0 Å². The van der Waals surface area contributed by atoms with Gasteiger partial charge in [-0.15, -0.1) is 0 Å². The van der Waals surface area contributed by atoms with Crippen molar-refractivity contribution < 1.29 is 26.7 Å². The first-order chi connectivity index (χ1) is 21.2. The third kappa shape index (κ3) is 7.67. The molecule has 1 aliphatic rings. The molecule has 45 heavy (non-hydrogen) atoms. The van der Waals surface area contributed by atoms with E-state index in [4.69, 9.17) is 16.3 Å². The predicted octanol–water partition coefficient (Wildman–Crippen LogP) is 6.78. The molecule has 5 rings (SSSR count). The number of carbonyl (C=O) groups is 1. The normalized spacial score (nSPS) is 17.4. The standard InChI is InChI=1S/C32H34ClF2N5O4S/c1-5-19-13-26(20-10-11-21(25(35)12-20)18-45(42,43)28-9-7-6-8-24(28)33)38-27-15-36-30(39-29(19)27)37-23-14-22(34)16-40(17-23)31(41)44-32(2,3)4/h6-13,15,22-23H,5,14,16-18H2,1-4H3,(H,36,37,39)/t22-,23-/m0/s1. The SMILES string of the molecule is CCc1cc(-c2ccc(CS(=O)(=O)c3ccccc3Cl)c(F)c2)nc2cnc(N[C@H]3C[C@H](F)CN(C(=O)OC(C)(C)C)C3)nc12. The van der Waals surface area contributed by atoms with Gasteiger partial charge in [0.1, 0.15) is 23.1 Å². The second kappa shape index (κ2) is 12.8. The molecule has 1 fully saturated rings. The van der Waals surface area contributed by atoms with Gasteiger partial charge in [-0.25, -0.2) is 36.9 Å². The molecule has 13 heteroatoms. The van der Waals surface area contributed by atoms with Crippen LogP contribution in [0.1, 0.15) is 45.2 Å². The third-order valence-electron chi connectivity index (χ3n) is 7.26. The van der Waals surface area contributed by atoms with E-state index in [9.17, 15) is 17.6 Å². The van der Waals surface area contributed by atoms with Crippen molar-refractivity contribution in [2.24, 2.45) is 0 Å². The number of ether oxygens (including phenoxy) is 1. The van der Waals surface area contributed by atoms with Crippen molar-refractivity contribution in [1.29, 1.82) is 0 Å². The van der Waals surface area contributed by atoms with Crippen molar-refractivity contribution in [1.82, 2.24) is 19.9 Å². The molecule has 238 valence electrons. The van der Waals surface area contributed by atoms with Crippen LogP contribution in [0, 0.1) is 5.82 Å². The van der Waals surface area contributed by atoms with Crippen LogP contribution in [0.2, 0.25) is 5.02 Å². The Balaban J connectivity index is 1.36. The average Bonchev–Trinajstić information content (AvgIpc) is 2.96. The van der Waals surface area contributed by atoms with Crippen LogP contribution in [-0.4, -0.2) is 65.3 Å². The van der Waals surface area contributed by atoms with Crippen molar-refractivity contribution in [3.8, 4) is 11.3 Å². The molecule has 9 nitrogen and oxygen atoms in total. The summed E-state index contributed by atoms with van der Waals surface area (Å²) in [4.78, 5) is 27.5. The molecule has 1 amide bonds. The summed E-state index contributed by atoms with van der Waals surface area (Å²) in [7, 11) is -3.87. The van der Waals surface area contributed by atoms with Crippen molar-refractivity contribution >= 4 is 44.5 Å². The smallest absolute Gasteiger partial charge is 0.410 e. The lowest BCUT2D eigenvalue weighted by Gasteiger charge is -2.36. The number of halogens is 3. The summed E-state index contributed by atoms with van der Waals surface area (Å²) in [5.41, 5.74) is 2.14. The highest BCUT2D eigenvalue weighted by Gasteiger charge is 2.33. The summed E-state index contributed by atoms with van der Waals surface area (Å²) in [5.74, 6) is -0.958. The molecule has 0 spiro atoms. The summed E-state index contributed by atoms with van der Waals surface area (Å²) in [6.45, 7) is 7.41. The minimum Gasteiger partial charge on any atom is -0.444 e. The molecule has 1 aliphatic heterocycles. The van der Waals surface area contributed by atoms with Gasteiger partial charge in [0.15, 0.2) is 9.84 Å². The fourth-order valence-corrected chi connectivity index (χ4v) is 7.12.